The van der Waals surface area contributed by atoms with Crippen molar-refractivity contribution in [1.29, 1.82) is 0 Å². The molecule has 14 heavy (non-hydrogen) atoms. The molecular weight excluding hydrogens is 196 g/mol. The van der Waals surface area contributed by atoms with Gasteiger partial charge in [0, 0.05) is 19.1 Å². The molecule has 0 radical (unpaired) electrons. The monoisotopic (exact) mass is 216 g/mol. The maximum atomic E-state index is 11.9. The second-order valence-electron chi connectivity index (χ2n) is 4.81. The Hall–Kier alpha value is -0.0600. The Labute approximate surface area is 87.1 Å². The zero-order valence-electron chi connectivity index (χ0n) is 9.03. The Morgan fingerprint density at radius 2 is 2.29 bits per heavy atom. The Kier molecular flexibility index (Phi) is 2.62. The van der Waals surface area contributed by atoms with Crippen molar-refractivity contribution in [3.63, 3.8) is 0 Å². The highest BCUT2D eigenvalue weighted by atomic mass is 32.2. The lowest BCUT2D eigenvalue weighted by Gasteiger charge is -2.35. The molecule has 1 N–H and O–H groups in total. The van der Waals surface area contributed by atoms with Crippen LogP contribution in [0.4, 0.5) is 0 Å². The van der Waals surface area contributed by atoms with Crippen LogP contribution in [0.1, 0.15) is 26.7 Å². The second-order valence-corrected chi connectivity index (χ2v) is 6.85. The van der Waals surface area contributed by atoms with Crippen LogP contribution in [0.3, 0.4) is 0 Å². The van der Waals surface area contributed by atoms with Gasteiger partial charge in [0.2, 0.25) is 0 Å². The van der Waals surface area contributed by atoms with E-state index in [0.717, 1.165) is 24.9 Å². The fourth-order valence-corrected chi connectivity index (χ4v) is 4.21. The minimum atomic E-state index is -2.11. The summed E-state index contributed by atoms with van der Waals surface area (Å²) in [7, 11) is -2.11. The van der Waals surface area contributed by atoms with E-state index in [1.165, 1.54) is 12.8 Å². The van der Waals surface area contributed by atoms with E-state index < -0.39 is 9.89 Å². The van der Waals surface area contributed by atoms with Crippen molar-refractivity contribution in [1.82, 2.24) is 9.03 Å². The van der Waals surface area contributed by atoms with Gasteiger partial charge in [0.25, 0.3) is 0 Å². The Morgan fingerprint density at radius 1 is 1.57 bits per heavy atom. The van der Waals surface area contributed by atoms with Crippen LogP contribution < -0.4 is 4.72 Å². The maximum Gasteiger partial charge on any atom is 0.0880 e. The molecule has 2 heterocycles. The first kappa shape index (κ1) is 10.5. The van der Waals surface area contributed by atoms with Gasteiger partial charge in [0.05, 0.1) is 9.89 Å². The number of rotatable bonds is 1. The van der Waals surface area contributed by atoms with Gasteiger partial charge in [-0.3, -0.25) is 0 Å². The molecule has 3 unspecified atom stereocenters. The van der Waals surface area contributed by atoms with Gasteiger partial charge in [-0.05, 0) is 30.5 Å². The molecule has 0 aromatic heterocycles. The minimum Gasteiger partial charge on any atom is -0.237 e. The first-order valence-electron chi connectivity index (χ1n) is 5.39. The van der Waals surface area contributed by atoms with Crippen molar-refractivity contribution in [2.75, 3.05) is 13.1 Å². The third-order valence-corrected chi connectivity index (χ3v) is 5.42. The summed E-state index contributed by atoms with van der Waals surface area (Å²) >= 11 is 0. The molecule has 0 aromatic rings. The molecule has 4 heteroatoms. The average Bonchev–Trinajstić information content (AvgIpc) is 2.42. The fraction of sp³-hybridized carbons (Fsp3) is 0.900. The predicted octanol–water partition coefficient (Wildman–Crippen LogP) is 0.873. The van der Waals surface area contributed by atoms with Gasteiger partial charge in [-0.1, -0.05) is 13.8 Å². The van der Waals surface area contributed by atoms with Crippen LogP contribution in [-0.2, 0) is 9.89 Å². The first-order valence-corrected chi connectivity index (χ1v) is 7.08. The summed E-state index contributed by atoms with van der Waals surface area (Å²) < 4.78 is 17.0. The van der Waals surface area contributed by atoms with Gasteiger partial charge < -0.3 is 0 Å². The van der Waals surface area contributed by atoms with Crippen LogP contribution >= 0.6 is 0 Å². The van der Waals surface area contributed by atoms with Crippen molar-refractivity contribution in [3.8, 4) is 0 Å². The zero-order valence-corrected chi connectivity index (χ0v) is 9.85. The number of hydrogen-bond acceptors (Lipinski definition) is 1. The van der Waals surface area contributed by atoms with E-state index in [4.69, 9.17) is 0 Å². The maximum absolute atomic E-state index is 11.9. The summed E-state index contributed by atoms with van der Waals surface area (Å²) in [6, 6.07) is 0.459. The summed E-state index contributed by atoms with van der Waals surface area (Å²) in [6.07, 6.45) is 2.35. The molecule has 3 atom stereocenters. The van der Waals surface area contributed by atoms with E-state index in [1.807, 2.05) is 0 Å². The van der Waals surface area contributed by atoms with E-state index in [9.17, 15) is 4.21 Å². The van der Waals surface area contributed by atoms with Gasteiger partial charge in [0.1, 0.15) is 0 Å². The van der Waals surface area contributed by atoms with Gasteiger partial charge in [0.15, 0.2) is 0 Å². The molecule has 2 rings (SSSR count). The van der Waals surface area contributed by atoms with Crippen LogP contribution in [0, 0.1) is 11.8 Å². The Balaban J connectivity index is 2.09. The van der Waals surface area contributed by atoms with Gasteiger partial charge in [-0.2, -0.15) is 0 Å². The summed E-state index contributed by atoms with van der Waals surface area (Å²) in [4.78, 5) is 0. The molecule has 0 amide bonds. The second kappa shape index (κ2) is 3.51. The normalized spacial score (nSPS) is 44.2. The van der Waals surface area contributed by atoms with Gasteiger partial charge in [-0.25, -0.2) is 13.2 Å². The smallest absolute Gasteiger partial charge is 0.0880 e. The summed E-state index contributed by atoms with van der Waals surface area (Å²) in [5.74, 6) is 5.31. The highest BCUT2D eigenvalue weighted by Crippen LogP contribution is 2.31. The van der Waals surface area contributed by atoms with Crippen molar-refractivity contribution >= 4 is 15.8 Å². The SMILES string of the molecule is C=S1(=O)NCC2CC(C(C)C)CCN21. The van der Waals surface area contributed by atoms with Crippen LogP contribution in [0.5, 0.6) is 0 Å². The van der Waals surface area contributed by atoms with Crippen LogP contribution in [-0.4, -0.2) is 33.5 Å². The molecule has 3 nitrogen and oxygen atoms in total. The quantitative estimate of drug-likeness (QED) is 0.648. The van der Waals surface area contributed by atoms with Crippen molar-refractivity contribution in [2.24, 2.45) is 11.8 Å². The van der Waals surface area contributed by atoms with Crippen molar-refractivity contribution < 1.29 is 4.21 Å². The number of nitrogens with one attached hydrogen (secondary N) is 1. The van der Waals surface area contributed by atoms with E-state index >= 15 is 0 Å². The molecule has 0 spiro atoms. The number of hydrogen-bond donors (Lipinski definition) is 1. The predicted molar refractivity (Wildman–Crippen MR) is 61.3 cm³/mol. The van der Waals surface area contributed by atoms with Crippen molar-refractivity contribution in [3.05, 3.63) is 0 Å². The zero-order chi connectivity index (χ0) is 10.3. The summed E-state index contributed by atoms with van der Waals surface area (Å²) in [5, 5.41) is 0. The molecule has 0 bridgehead atoms. The molecular formula is C10H20N2OS. The lowest BCUT2D eigenvalue weighted by atomic mass is 9.84. The number of nitrogens with zero attached hydrogens (tertiary/aromatic N) is 1. The van der Waals surface area contributed by atoms with E-state index in [0.29, 0.717) is 6.04 Å². The molecule has 2 aliphatic heterocycles. The lowest BCUT2D eigenvalue weighted by molar-refractivity contribution is 0.184. The number of fused-ring (bicyclic) bond motifs is 1. The highest BCUT2D eigenvalue weighted by molar-refractivity contribution is 7.96. The average molecular weight is 216 g/mol. The molecule has 0 aliphatic carbocycles. The van der Waals surface area contributed by atoms with Gasteiger partial charge in [-0.15, -0.1) is 0 Å². The Morgan fingerprint density at radius 3 is 2.93 bits per heavy atom. The summed E-state index contributed by atoms with van der Waals surface area (Å²) in [6.45, 7) is 6.36. The van der Waals surface area contributed by atoms with Crippen LogP contribution in [0.25, 0.3) is 0 Å². The van der Waals surface area contributed by atoms with E-state index in [1.54, 1.807) is 0 Å². The molecule has 2 aliphatic rings. The molecule has 2 fully saturated rings. The van der Waals surface area contributed by atoms with Crippen LogP contribution in [0.15, 0.2) is 0 Å². The highest BCUT2D eigenvalue weighted by Gasteiger charge is 2.38. The fourth-order valence-electron chi connectivity index (χ4n) is 2.55. The lowest BCUT2D eigenvalue weighted by Crippen LogP contribution is -2.42. The molecule has 2 saturated heterocycles. The third kappa shape index (κ3) is 1.71. The third-order valence-electron chi connectivity index (χ3n) is 3.57. The van der Waals surface area contributed by atoms with Crippen LogP contribution in [0.2, 0.25) is 0 Å². The standard InChI is InChI=1S/C10H20N2OS/c1-8(2)9-4-5-12-10(6-9)7-11-14(12,3)13/h8-10H,3-7H2,1-2H3,(H,11,13). The Bertz CT molecular complexity index is 310. The van der Waals surface area contributed by atoms with E-state index in [-0.39, 0.29) is 0 Å². The van der Waals surface area contributed by atoms with E-state index in [2.05, 4.69) is 28.7 Å². The summed E-state index contributed by atoms with van der Waals surface area (Å²) in [5.41, 5.74) is 0. The van der Waals surface area contributed by atoms with Crippen molar-refractivity contribution in [2.45, 2.75) is 32.7 Å². The minimum absolute atomic E-state index is 0.459. The molecule has 82 valence electrons. The molecule has 0 aromatic carbocycles. The molecule has 0 saturated carbocycles. The largest absolute Gasteiger partial charge is 0.237 e. The first-order chi connectivity index (χ1) is 6.50. The van der Waals surface area contributed by atoms with Gasteiger partial charge >= 0.3 is 0 Å². The topological polar surface area (TPSA) is 32.3 Å². The number of piperidine rings is 1.